The van der Waals surface area contributed by atoms with E-state index in [9.17, 15) is 9.59 Å². The summed E-state index contributed by atoms with van der Waals surface area (Å²) in [6, 6.07) is 10.1. The van der Waals surface area contributed by atoms with Crippen LogP contribution < -0.4 is 5.32 Å². The zero-order valence-corrected chi connectivity index (χ0v) is 14.6. The molecular weight excluding hydrogens is 332 g/mol. The molecule has 0 aliphatic rings. The Hall–Kier alpha value is -1.86. The van der Waals surface area contributed by atoms with Gasteiger partial charge in [-0.2, -0.15) is 0 Å². The first kappa shape index (κ1) is 17.5. The molecular formula is C16H18N2O3S2. The Kier molecular flexibility index (Phi) is 6.61. The lowest BCUT2D eigenvalue weighted by Crippen LogP contribution is -2.11. The number of carbonyl (C=O) groups is 2. The summed E-state index contributed by atoms with van der Waals surface area (Å²) in [6.07, 6.45) is 1.20. The van der Waals surface area contributed by atoms with Crippen LogP contribution in [0.3, 0.4) is 0 Å². The highest BCUT2D eigenvalue weighted by Gasteiger charge is 2.16. The largest absolute Gasteiger partial charge is 0.465 e. The number of hydrogen-bond donors (Lipinski definition) is 1. The van der Waals surface area contributed by atoms with Crippen LogP contribution in [0.25, 0.3) is 0 Å². The fourth-order valence-electron chi connectivity index (χ4n) is 1.85. The van der Waals surface area contributed by atoms with E-state index in [4.69, 9.17) is 0 Å². The zero-order valence-electron chi connectivity index (χ0n) is 13.0. The molecule has 0 saturated carbocycles. The van der Waals surface area contributed by atoms with Crippen LogP contribution in [0.4, 0.5) is 5.13 Å². The van der Waals surface area contributed by atoms with Gasteiger partial charge in [0.25, 0.3) is 0 Å². The molecule has 5 nitrogen and oxygen atoms in total. The van der Waals surface area contributed by atoms with E-state index >= 15 is 0 Å². The van der Waals surface area contributed by atoms with Crippen molar-refractivity contribution in [3.8, 4) is 0 Å². The highest BCUT2D eigenvalue weighted by atomic mass is 32.2. The molecule has 122 valence electrons. The van der Waals surface area contributed by atoms with E-state index in [0.717, 1.165) is 23.5 Å². The molecule has 2 aromatic rings. The second kappa shape index (κ2) is 8.69. The fraction of sp³-hybridized carbons (Fsp3) is 0.312. The van der Waals surface area contributed by atoms with Crippen LogP contribution in [0.15, 0.2) is 35.2 Å². The number of nitrogens with one attached hydrogen (secondary N) is 1. The van der Waals surface area contributed by atoms with Crippen molar-refractivity contribution in [2.24, 2.45) is 0 Å². The molecule has 23 heavy (non-hydrogen) atoms. The molecule has 0 bridgehead atoms. The summed E-state index contributed by atoms with van der Waals surface area (Å²) < 4.78 is 4.67. The molecule has 0 radical (unpaired) electrons. The maximum absolute atomic E-state index is 11.9. The van der Waals surface area contributed by atoms with E-state index in [-0.39, 0.29) is 5.91 Å². The molecule has 0 atom stereocenters. The minimum atomic E-state index is -0.431. The number of esters is 1. The van der Waals surface area contributed by atoms with Gasteiger partial charge in [-0.05, 0) is 31.2 Å². The molecule has 0 fully saturated rings. The molecule has 1 aromatic carbocycles. The Balaban J connectivity index is 1.75. The summed E-state index contributed by atoms with van der Waals surface area (Å²) in [6.45, 7) is 1.72. The van der Waals surface area contributed by atoms with Gasteiger partial charge in [0.05, 0.1) is 12.8 Å². The number of aryl methyl sites for hydroxylation is 1. The maximum Gasteiger partial charge on any atom is 0.350 e. The predicted molar refractivity (Wildman–Crippen MR) is 93.2 cm³/mol. The third-order valence-corrected chi connectivity index (χ3v) is 5.13. The van der Waals surface area contributed by atoms with Gasteiger partial charge in [-0.1, -0.05) is 29.5 Å². The van der Waals surface area contributed by atoms with Crippen molar-refractivity contribution in [3.63, 3.8) is 0 Å². The highest BCUT2D eigenvalue weighted by Crippen LogP contribution is 2.23. The zero-order chi connectivity index (χ0) is 16.7. The van der Waals surface area contributed by atoms with E-state index in [0.29, 0.717) is 22.1 Å². The van der Waals surface area contributed by atoms with Gasteiger partial charge in [0, 0.05) is 11.3 Å². The number of anilines is 1. The number of nitrogens with zero attached hydrogens (tertiary/aromatic N) is 1. The van der Waals surface area contributed by atoms with Crippen LogP contribution in [-0.2, 0) is 9.53 Å². The van der Waals surface area contributed by atoms with E-state index in [2.05, 4.69) is 27.2 Å². The van der Waals surface area contributed by atoms with Crippen molar-refractivity contribution in [2.45, 2.75) is 24.7 Å². The second-order valence-corrected chi connectivity index (χ2v) is 6.91. The lowest BCUT2D eigenvalue weighted by Gasteiger charge is -2.02. The molecule has 1 N–H and O–H groups in total. The molecule has 1 aromatic heterocycles. The Morgan fingerprint density at radius 3 is 2.74 bits per heavy atom. The highest BCUT2D eigenvalue weighted by molar-refractivity contribution is 7.99. The van der Waals surface area contributed by atoms with E-state index in [1.54, 1.807) is 18.7 Å². The molecule has 7 heteroatoms. The number of thioether (sulfide) groups is 1. The number of benzene rings is 1. The Labute approximate surface area is 143 Å². The number of rotatable bonds is 7. The minimum absolute atomic E-state index is 0.0937. The summed E-state index contributed by atoms with van der Waals surface area (Å²) in [5.41, 5.74) is 0.566. The Morgan fingerprint density at radius 1 is 1.30 bits per heavy atom. The number of carbonyl (C=O) groups excluding carboxylic acids is 2. The quantitative estimate of drug-likeness (QED) is 0.468. The van der Waals surface area contributed by atoms with Crippen molar-refractivity contribution in [1.82, 2.24) is 4.98 Å². The van der Waals surface area contributed by atoms with Crippen LogP contribution in [0, 0.1) is 6.92 Å². The monoisotopic (exact) mass is 350 g/mol. The molecule has 0 unspecified atom stereocenters. The molecule has 2 rings (SSSR count). The number of ether oxygens (including phenoxy) is 1. The predicted octanol–water partition coefficient (Wildman–Crippen LogP) is 3.75. The molecule has 0 spiro atoms. The number of thiazole rings is 1. The van der Waals surface area contributed by atoms with Crippen molar-refractivity contribution in [1.29, 1.82) is 0 Å². The average Bonchev–Trinajstić information content (AvgIpc) is 2.92. The van der Waals surface area contributed by atoms with Gasteiger partial charge in [-0.15, -0.1) is 11.8 Å². The van der Waals surface area contributed by atoms with E-state index in [1.807, 2.05) is 18.2 Å². The number of aromatic nitrogens is 1. The summed E-state index contributed by atoms with van der Waals surface area (Å²) >= 11 is 2.86. The van der Waals surface area contributed by atoms with Crippen LogP contribution in [0.5, 0.6) is 0 Å². The van der Waals surface area contributed by atoms with Gasteiger partial charge >= 0.3 is 5.97 Å². The Morgan fingerprint density at radius 2 is 2.04 bits per heavy atom. The first-order valence-corrected chi connectivity index (χ1v) is 8.94. The second-order valence-electron chi connectivity index (χ2n) is 4.74. The normalized spacial score (nSPS) is 10.3. The van der Waals surface area contributed by atoms with E-state index in [1.165, 1.54) is 12.0 Å². The van der Waals surface area contributed by atoms with Crippen molar-refractivity contribution < 1.29 is 14.3 Å². The number of methoxy groups -OCH3 is 1. The third kappa shape index (κ3) is 5.37. The van der Waals surface area contributed by atoms with Gasteiger partial charge in [-0.3, -0.25) is 4.79 Å². The molecule has 0 aliphatic heterocycles. The number of amides is 1. The lowest BCUT2D eigenvalue weighted by molar-refractivity contribution is -0.116. The van der Waals surface area contributed by atoms with Gasteiger partial charge in [-0.25, -0.2) is 9.78 Å². The van der Waals surface area contributed by atoms with Crippen molar-refractivity contribution in [3.05, 3.63) is 40.9 Å². The van der Waals surface area contributed by atoms with Gasteiger partial charge in [0.2, 0.25) is 5.91 Å². The average molecular weight is 350 g/mol. The molecule has 1 heterocycles. The van der Waals surface area contributed by atoms with Gasteiger partial charge in [0.15, 0.2) is 5.13 Å². The summed E-state index contributed by atoms with van der Waals surface area (Å²) in [4.78, 5) is 29.2. The van der Waals surface area contributed by atoms with Gasteiger partial charge in [0.1, 0.15) is 4.88 Å². The standard InChI is InChI=1S/C16H18N2O3S2/c1-11-14(15(20)21-2)23-16(17-11)18-13(19)9-6-10-22-12-7-4-3-5-8-12/h3-5,7-8H,6,9-10H2,1-2H3,(H,17,18,19). The molecule has 1 amide bonds. The van der Waals surface area contributed by atoms with Crippen LogP contribution >= 0.6 is 23.1 Å². The SMILES string of the molecule is COC(=O)c1sc(NC(=O)CCCSc2ccccc2)nc1C. The minimum Gasteiger partial charge on any atom is -0.465 e. The topological polar surface area (TPSA) is 68.3 Å². The first-order chi connectivity index (χ1) is 11.1. The van der Waals surface area contributed by atoms with Crippen molar-refractivity contribution >= 4 is 40.1 Å². The summed E-state index contributed by atoms with van der Waals surface area (Å²) in [5.74, 6) is 0.352. The summed E-state index contributed by atoms with van der Waals surface area (Å²) in [7, 11) is 1.32. The lowest BCUT2D eigenvalue weighted by atomic mass is 10.3. The van der Waals surface area contributed by atoms with E-state index < -0.39 is 5.97 Å². The third-order valence-electron chi connectivity index (χ3n) is 2.97. The van der Waals surface area contributed by atoms with Crippen molar-refractivity contribution in [2.75, 3.05) is 18.2 Å². The maximum atomic E-state index is 11.9. The first-order valence-electron chi connectivity index (χ1n) is 7.13. The van der Waals surface area contributed by atoms with Crippen LogP contribution in [0.2, 0.25) is 0 Å². The summed E-state index contributed by atoms with van der Waals surface area (Å²) in [5, 5.41) is 3.17. The smallest absolute Gasteiger partial charge is 0.350 e. The number of hydrogen-bond acceptors (Lipinski definition) is 6. The van der Waals surface area contributed by atoms with Gasteiger partial charge < -0.3 is 10.1 Å². The Bertz CT molecular complexity index is 671. The van der Waals surface area contributed by atoms with Crippen LogP contribution in [-0.4, -0.2) is 29.7 Å². The van der Waals surface area contributed by atoms with Crippen LogP contribution in [0.1, 0.15) is 28.2 Å². The molecule has 0 aliphatic carbocycles. The fourth-order valence-corrected chi connectivity index (χ4v) is 3.63. The molecule has 0 saturated heterocycles.